The van der Waals surface area contributed by atoms with Gasteiger partial charge in [-0.2, -0.15) is 0 Å². The van der Waals surface area contributed by atoms with Crippen LogP contribution in [0.1, 0.15) is 92.9 Å². The van der Waals surface area contributed by atoms with E-state index in [0.717, 1.165) is 25.8 Å². The van der Waals surface area contributed by atoms with Crippen LogP contribution in [0, 0.1) is 5.41 Å². The fourth-order valence-corrected chi connectivity index (χ4v) is 3.32. The molecule has 0 spiro atoms. The highest BCUT2D eigenvalue weighted by atomic mass is 16.1. The standard InChI is InChI=1S/C23H47N3O2/c1-9-10-11-12-16-23(5,6)25-19(21(28)22(2,3)4)14-15-20(27)24-17-13-18-26(7)8/h19,25H,9-18H2,1-8H3,(H,24,27). The van der Waals surface area contributed by atoms with E-state index >= 15 is 0 Å². The molecule has 0 heterocycles. The van der Waals surface area contributed by atoms with E-state index in [4.69, 9.17) is 0 Å². The topological polar surface area (TPSA) is 61.4 Å². The lowest BCUT2D eigenvalue weighted by Crippen LogP contribution is -2.52. The predicted molar refractivity (Wildman–Crippen MR) is 120 cm³/mol. The Hall–Kier alpha value is -0.940. The summed E-state index contributed by atoms with van der Waals surface area (Å²) >= 11 is 0. The Morgan fingerprint density at radius 1 is 0.964 bits per heavy atom. The van der Waals surface area contributed by atoms with Crippen molar-refractivity contribution in [3.05, 3.63) is 0 Å². The highest BCUT2D eigenvalue weighted by Gasteiger charge is 2.33. The fraction of sp³-hybridized carbons (Fsp3) is 0.913. The molecule has 0 aliphatic heterocycles. The molecular formula is C23H47N3O2. The van der Waals surface area contributed by atoms with Crippen molar-refractivity contribution in [2.24, 2.45) is 5.41 Å². The van der Waals surface area contributed by atoms with Gasteiger partial charge in [-0.1, -0.05) is 53.4 Å². The molecular weight excluding hydrogens is 350 g/mol. The van der Waals surface area contributed by atoms with Crippen molar-refractivity contribution in [3.8, 4) is 0 Å². The molecule has 0 bridgehead atoms. The van der Waals surface area contributed by atoms with Gasteiger partial charge >= 0.3 is 0 Å². The molecule has 0 aliphatic rings. The van der Waals surface area contributed by atoms with Gasteiger partial charge in [0, 0.05) is 23.9 Å². The molecule has 0 rings (SSSR count). The van der Waals surface area contributed by atoms with Gasteiger partial charge in [0.25, 0.3) is 0 Å². The molecule has 0 aromatic heterocycles. The summed E-state index contributed by atoms with van der Waals surface area (Å²) in [7, 11) is 4.06. The normalized spacial score (nSPS) is 13.6. The summed E-state index contributed by atoms with van der Waals surface area (Å²) in [6.07, 6.45) is 7.79. The molecule has 0 aromatic carbocycles. The highest BCUT2D eigenvalue weighted by Crippen LogP contribution is 2.23. The number of carbonyl (C=O) groups excluding carboxylic acids is 2. The molecule has 2 N–H and O–H groups in total. The second kappa shape index (κ2) is 13.3. The van der Waals surface area contributed by atoms with Crippen molar-refractivity contribution >= 4 is 11.7 Å². The van der Waals surface area contributed by atoms with Crippen molar-refractivity contribution in [1.82, 2.24) is 15.5 Å². The lowest BCUT2D eigenvalue weighted by molar-refractivity contribution is -0.129. The molecule has 166 valence electrons. The minimum absolute atomic E-state index is 0.0352. The molecule has 0 radical (unpaired) electrons. The molecule has 0 saturated carbocycles. The van der Waals surface area contributed by atoms with Crippen LogP contribution in [-0.2, 0) is 9.59 Å². The van der Waals surface area contributed by atoms with E-state index in [0.29, 0.717) is 19.4 Å². The van der Waals surface area contributed by atoms with Gasteiger partial charge in [-0.05, 0) is 53.8 Å². The van der Waals surface area contributed by atoms with Gasteiger partial charge in [0.05, 0.1) is 6.04 Å². The Balaban J connectivity index is 4.68. The van der Waals surface area contributed by atoms with Gasteiger partial charge in [-0.15, -0.1) is 0 Å². The first-order valence-electron chi connectivity index (χ1n) is 11.1. The number of hydrogen-bond acceptors (Lipinski definition) is 4. The maximum Gasteiger partial charge on any atom is 0.220 e. The van der Waals surface area contributed by atoms with Gasteiger partial charge in [0.1, 0.15) is 0 Å². The van der Waals surface area contributed by atoms with Gasteiger partial charge in [0.15, 0.2) is 5.78 Å². The summed E-state index contributed by atoms with van der Waals surface area (Å²) < 4.78 is 0. The minimum Gasteiger partial charge on any atom is -0.356 e. The summed E-state index contributed by atoms with van der Waals surface area (Å²) in [5, 5.41) is 6.56. The minimum atomic E-state index is -0.419. The maximum atomic E-state index is 13.0. The Kier molecular flexibility index (Phi) is 12.9. The summed E-state index contributed by atoms with van der Waals surface area (Å²) in [5.41, 5.74) is -0.528. The first-order valence-corrected chi connectivity index (χ1v) is 11.1. The Bertz CT molecular complexity index is 453. The number of ketones is 1. The number of unbranched alkanes of at least 4 members (excludes halogenated alkanes) is 3. The van der Waals surface area contributed by atoms with Crippen LogP contribution < -0.4 is 10.6 Å². The average molecular weight is 398 g/mol. The molecule has 1 atom stereocenters. The molecule has 28 heavy (non-hydrogen) atoms. The molecule has 5 nitrogen and oxygen atoms in total. The molecule has 1 amide bonds. The van der Waals surface area contributed by atoms with Crippen LogP contribution in [0.4, 0.5) is 0 Å². The molecule has 1 unspecified atom stereocenters. The smallest absolute Gasteiger partial charge is 0.220 e. The quantitative estimate of drug-likeness (QED) is 0.407. The predicted octanol–water partition coefficient (Wildman–Crippen LogP) is 4.16. The zero-order chi connectivity index (χ0) is 21.8. The molecule has 0 aromatic rings. The summed E-state index contributed by atoms with van der Waals surface area (Å²) in [4.78, 5) is 27.3. The van der Waals surface area contributed by atoms with Crippen molar-refractivity contribution in [1.29, 1.82) is 0 Å². The van der Waals surface area contributed by atoms with Gasteiger partial charge in [-0.3, -0.25) is 9.59 Å². The van der Waals surface area contributed by atoms with Crippen LogP contribution in [0.25, 0.3) is 0 Å². The van der Waals surface area contributed by atoms with Gasteiger partial charge in [-0.25, -0.2) is 0 Å². The van der Waals surface area contributed by atoms with Crippen LogP contribution in [0.2, 0.25) is 0 Å². The molecule has 0 fully saturated rings. The largest absolute Gasteiger partial charge is 0.356 e. The van der Waals surface area contributed by atoms with E-state index < -0.39 is 5.41 Å². The summed E-state index contributed by atoms with van der Waals surface area (Å²) in [6.45, 7) is 14.1. The molecule has 0 saturated heterocycles. The third kappa shape index (κ3) is 13.3. The lowest BCUT2D eigenvalue weighted by atomic mass is 9.83. The maximum absolute atomic E-state index is 13.0. The van der Waals surface area contributed by atoms with Gasteiger partial charge < -0.3 is 15.5 Å². The number of nitrogens with zero attached hydrogens (tertiary/aromatic N) is 1. The number of nitrogens with one attached hydrogen (secondary N) is 2. The Labute approximate surface area is 174 Å². The number of amides is 1. The van der Waals surface area contributed by atoms with Crippen LogP contribution >= 0.6 is 0 Å². The fourth-order valence-electron chi connectivity index (χ4n) is 3.32. The van der Waals surface area contributed by atoms with Gasteiger partial charge in [0.2, 0.25) is 5.91 Å². The number of rotatable bonds is 15. The van der Waals surface area contributed by atoms with E-state index in [2.05, 4.69) is 36.3 Å². The van der Waals surface area contributed by atoms with Crippen LogP contribution in [-0.4, -0.2) is 55.4 Å². The van der Waals surface area contributed by atoms with Crippen molar-refractivity contribution in [2.75, 3.05) is 27.2 Å². The number of hydrogen-bond donors (Lipinski definition) is 2. The Morgan fingerprint density at radius 3 is 2.14 bits per heavy atom. The SMILES string of the molecule is CCCCCCC(C)(C)NC(CCC(=O)NCCCN(C)C)C(=O)C(C)(C)C. The van der Waals surface area contributed by atoms with E-state index in [-0.39, 0.29) is 23.3 Å². The van der Waals surface area contributed by atoms with E-state index in [9.17, 15) is 9.59 Å². The second-order valence-electron chi connectivity index (χ2n) is 10.1. The molecule has 0 aliphatic carbocycles. The highest BCUT2D eigenvalue weighted by molar-refractivity contribution is 5.89. The second-order valence-corrected chi connectivity index (χ2v) is 10.1. The van der Waals surface area contributed by atoms with E-state index in [1.54, 1.807) is 0 Å². The van der Waals surface area contributed by atoms with Crippen molar-refractivity contribution in [2.45, 2.75) is 104 Å². The lowest BCUT2D eigenvalue weighted by Gasteiger charge is -2.34. The van der Waals surface area contributed by atoms with Crippen molar-refractivity contribution in [3.63, 3.8) is 0 Å². The first-order chi connectivity index (χ1) is 12.9. The zero-order valence-corrected chi connectivity index (χ0v) is 19.9. The summed E-state index contributed by atoms with van der Waals surface area (Å²) in [6, 6.07) is -0.284. The summed E-state index contributed by atoms with van der Waals surface area (Å²) in [5.74, 6) is 0.225. The molecule has 5 heteroatoms. The average Bonchev–Trinajstić information content (AvgIpc) is 2.57. The Morgan fingerprint density at radius 2 is 1.61 bits per heavy atom. The number of Topliss-reactive ketones (excluding diaryl/α,β-unsaturated/α-hetero) is 1. The third-order valence-electron chi connectivity index (χ3n) is 5.04. The van der Waals surface area contributed by atoms with E-state index in [1.165, 1.54) is 19.3 Å². The van der Waals surface area contributed by atoms with Crippen molar-refractivity contribution < 1.29 is 9.59 Å². The third-order valence-corrected chi connectivity index (χ3v) is 5.04. The van der Waals surface area contributed by atoms with Crippen LogP contribution in [0.5, 0.6) is 0 Å². The monoisotopic (exact) mass is 397 g/mol. The zero-order valence-electron chi connectivity index (χ0n) is 19.9. The van der Waals surface area contributed by atoms with Crippen LogP contribution in [0.3, 0.4) is 0 Å². The number of carbonyl (C=O) groups is 2. The van der Waals surface area contributed by atoms with E-state index in [1.807, 2.05) is 34.9 Å². The first kappa shape index (κ1) is 27.1. The van der Waals surface area contributed by atoms with Crippen LogP contribution in [0.15, 0.2) is 0 Å².